The molecule has 1 aromatic carbocycles. The third-order valence-electron chi connectivity index (χ3n) is 6.76. The number of carbonyl (C=O) groups excluding carboxylic acids is 2. The van der Waals surface area contributed by atoms with E-state index in [1.165, 1.54) is 17.5 Å². The predicted molar refractivity (Wildman–Crippen MR) is 131 cm³/mol. The summed E-state index contributed by atoms with van der Waals surface area (Å²) in [5.41, 5.74) is 0.424. The van der Waals surface area contributed by atoms with Crippen LogP contribution in [0.1, 0.15) is 46.0 Å². The molecule has 2 aliphatic rings. The standard InChI is InChI=1S/C24H38N4O5S/c1-4-27(5-2)24(30)19-11-15-26(16-12-19)18-23(29)25-20-9-10-21(33-3)22(17-20)34(31,32)28-13-7-6-8-14-28/h9-10,17,19H,4-8,11-16,18H2,1-3H3,(H,25,29). The van der Waals surface area contributed by atoms with Crippen LogP contribution >= 0.6 is 0 Å². The SMILES string of the molecule is CCN(CC)C(=O)C1CCN(CC(=O)Nc2ccc(OC)c(S(=O)(=O)N3CCCCC3)c2)CC1. The number of nitrogens with zero attached hydrogens (tertiary/aromatic N) is 3. The number of anilines is 1. The monoisotopic (exact) mass is 494 g/mol. The van der Waals surface area contributed by atoms with E-state index in [0.717, 1.165) is 45.2 Å². The first-order chi connectivity index (χ1) is 16.3. The Balaban J connectivity index is 1.60. The van der Waals surface area contributed by atoms with Crippen LogP contribution in [0.2, 0.25) is 0 Å². The van der Waals surface area contributed by atoms with E-state index in [4.69, 9.17) is 4.74 Å². The molecule has 0 unspecified atom stereocenters. The number of ether oxygens (including phenoxy) is 1. The molecular formula is C24H38N4O5S. The van der Waals surface area contributed by atoms with Crippen molar-refractivity contribution in [2.45, 2.75) is 50.8 Å². The highest BCUT2D eigenvalue weighted by Gasteiger charge is 2.30. The Bertz CT molecular complexity index is 950. The van der Waals surface area contributed by atoms with E-state index in [2.05, 4.69) is 5.32 Å². The number of amides is 2. The summed E-state index contributed by atoms with van der Waals surface area (Å²) < 4.78 is 33.2. The lowest BCUT2D eigenvalue weighted by atomic mass is 9.95. The van der Waals surface area contributed by atoms with E-state index < -0.39 is 10.0 Å². The first-order valence-electron chi connectivity index (χ1n) is 12.3. The second kappa shape index (κ2) is 12.0. The first kappa shape index (κ1) is 26.4. The zero-order valence-corrected chi connectivity index (χ0v) is 21.4. The summed E-state index contributed by atoms with van der Waals surface area (Å²) in [4.78, 5) is 29.3. The number of hydrogen-bond acceptors (Lipinski definition) is 6. The molecule has 1 N–H and O–H groups in total. The number of benzene rings is 1. The molecule has 0 bridgehead atoms. The van der Waals surface area contributed by atoms with Gasteiger partial charge in [0.1, 0.15) is 10.6 Å². The number of methoxy groups -OCH3 is 1. The largest absolute Gasteiger partial charge is 0.495 e. The second-order valence-electron chi connectivity index (χ2n) is 8.94. The van der Waals surface area contributed by atoms with Crippen LogP contribution in [0.4, 0.5) is 5.69 Å². The van der Waals surface area contributed by atoms with Crippen LogP contribution in [0.25, 0.3) is 0 Å². The molecule has 9 nitrogen and oxygen atoms in total. The average molecular weight is 495 g/mol. The van der Waals surface area contributed by atoms with E-state index >= 15 is 0 Å². The van der Waals surface area contributed by atoms with Crippen LogP contribution in [-0.2, 0) is 19.6 Å². The molecule has 3 rings (SSSR count). The minimum absolute atomic E-state index is 0.0170. The van der Waals surface area contributed by atoms with Crippen molar-refractivity contribution < 1.29 is 22.7 Å². The molecular weight excluding hydrogens is 456 g/mol. The second-order valence-corrected chi connectivity index (χ2v) is 10.8. The van der Waals surface area contributed by atoms with Gasteiger partial charge in [0.05, 0.1) is 13.7 Å². The summed E-state index contributed by atoms with van der Waals surface area (Å²) in [6.07, 6.45) is 4.19. The van der Waals surface area contributed by atoms with Gasteiger partial charge in [-0.25, -0.2) is 8.42 Å². The first-order valence-corrected chi connectivity index (χ1v) is 13.7. The fraction of sp³-hybridized carbons (Fsp3) is 0.667. The fourth-order valence-electron chi connectivity index (χ4n) is 4.74. The number of piperidine rings is 2. The smallest absolute Gasteiger partial charge is 0.246 e. The van der Waals surface area contributed by atoms with Gasteiger partial charge >= 0.3 is 0 Å². The Morgan fingerprint density at radius 2 is 1.71 bits per heavy atom. The van der Waals surface area contributed by atoms with Crippen LogP contribution in [0.15, 0.2) is 23.1 Å². The molecule has 0 spiro atoms. The Morgan fingerprint density at radius 3 is 2.29 bits per heavy atom. The minimum Gasteiger partial charge on any atom is -0.495 e. The van der Waals surface area contributed by atoms with Gasteiger partial charge in [0.15, 0.2) is 0 Å². The van der Waals surface area contributed by atoms with Crippen molar-refractivity contribution in [3.63, 3.8) is 0 Å². The quantitative estimate of drug-likeness (QED) is 0.566. The van der Waals surface area contributed by atoms with Gasteiger partial charge in [-0.3, -0.25) is 14.5 Å². The van der Waals surface area contributed by atoms with Crippen LogP contribution in [-0.4, -0.2) is 87.3 Å². The van der Waals surface area contributed by atoms with Crippen LogP contribution < -0.4 is 10.1 Å². The maximum atomic E-state index is 13.2. The summed E-state index contributed by atoms with van der Waals surface area (Å²) in [5.74, 6) is 0.279. The topological polar surface area (TPSA) is 99.3 Å². The van der Waals surface area contributed by atoms with Crippen molar-refractivity contribution in [1.29, 1.82) is 0 Å². The molecule has 2 saturated heterocycles. The Kier molecular flexibility index (Phi) is 9.32. The molecule has 0 saturated carbocycles. The third-order valence-corrected chi connectivity index (χ3v) is 8.68. The van der Waals surface area contributed by atoms with Crippen molar-refractivity contribution >= 4 is 27.5 Å². The summed E-state index contributed by atoms with van der Waals surface area (Å²) in [7, 11) is -2.26. The normalized spacial score (nSPS) is 18.4. The number of rotatable bonds is 9. The third kappa shape index (κ3) is 6.28. The van der Waals surface area contributed by atoms with Gasteiger partial charge in [0.2, 0.25) is 21.8 Å². The van der Waals surface area contributed by atoms with Crippen molar-refractivity contribution in [1.82, 2.24) is 14.1 Å². The highest BCUT2D eigenvalue weighted by molar-refractivity contribution is 7.89. The summed E-state index contributed by atoms with van der Waals surface area (Å²) in [6, 6.07) is 4.72. The molecule has 2 amide bonds. The number of carbonyl (C=O) groups is 2. The molecule has 190 valence electrons. The van der Waals surface area contributed by atoms with Crippen molar-refractivity contribution in [3.8, 4) is 5.75 Å². The van der Waals surface area contributed by atoms with Gasteiger partial charge in [0, 0.05) is 37.8 Å². The van der Waals surface area contributed by atoms with E-state index in [-0.39, 0.29) is 34.9 Å². The molecule has 2 heterocycles. The number of likely N-dealkylation sites (tertiary alicyclic amines) is 1. The predicted octanol–water partition coefficient (Wildman–Crippen LogP) is 2.39. The van der Waals surface area contributed by atoms with Gasteiger partial charge < -0.3 is 15.0 Å². The lowest BCUT2D eigenvalue weighted by Crippen LogP contribution is -2.44. The fourth-order valence-corrected chi connectivity index (χ4v) is 6.43. The lowest BCUT2D eigenvalue weighted by Gasteiger charge is -2.33. The zero-order valence-electron chi connectivity index (χ0n) is 20.6. The van der Waals surface area contributed by atoms with Gasteiger partial charge in [0.25, 0.3) is 0 Å². The maximum Gasteiger partial charge on any atom is 0.246 e. The number of sulfonamides is 1. The van der Waals surface area contributed by atoms with Gasteiger partial charge in [-0.15, -0.1) is 0 Å². The Labute approximate surface area is 203 Å². The van der Waals surface area contributed by atoms with Crippen molar-refractivity contribution in [2.24, 2.45) is 5.92 Å². The summed E-state index contributed by atoms with van der Waals surface area (Å²) in [6.45, 7) is 7.97. The molecule has 0 aliphatic carbocycles. The van der Waals surface area contributed by atoms with Crippen molar-refractivity contribution in [3.05, 3.63) is 18.2 Å². The molecule has 0 aromatic heterocycles. The minimum atomic E-state index is -3.71. The van der Waals surface area contributed by atoms with Gasteiger partial charge in [-0.2, -0.15) is 4.31 Å². The maximum absolute atomic E-state index is 13.2. The highest BCUT2D eigenvalue weighted by Crippen LogP contribution is 2.31. The Hall–Kier alpha value is -2.17. The zero-order chi connectivity index (χ0) is 24.7. The van der Waals surface area contributed by atoms with E-state index in [9.17, 15) is 18.0 Å². The van der Waals surface area contributed by atoms with Gasteiger partial charge in [-0.1, -0.05) is 6.42 Å². The molecule has 34 heavy (non-hydrogen) atoms. The lowest BCUT2D eigenvalue weighted by molar-refractivity contribution is -0.136. The van der Waals surface area contributed by atoms with Crippen LogP contribution in [0, 0.1) is 5.92 Å². The molecule has 0 radical (unpaired) electrons. The number of nitrogens with one attached hydrogen (secondary N) is 1. The van der Waals surface area contributed by atoms with Gasteiger partial charge in [-0.05, 0) is 70.8 Å². The molecule has 0 atom stereocenters. The summed E-state index contributed by atoms with van der Waals surface area (Å²) in [5, 5.41) is 2.83. The highest BCUT2D eigenvalue weighted by atomic mass is 32.2. The van der Waals surface area contributed by atoms with E-state index in [1.807, 2.05) is 23.6 Å². The Morgan fingerprint density at radius 1 is 1.06 bits per heavy atom. The molecule has 2 fully saturated rings. The molecule has 10 heteroatoms. The molecule has 2 aliphatic heterocycles. The van der Waals surface area contributed by atoms with E-state index in [1.54, 1.807) is 12.1 Å². The summed E-state index contributed by atoms with van der Waals surface area (Å²) >= 11 is 0. The number of hydrogen-bond donors (Lipinski definition) is 1. The van der Waals surface area contributed by atoms with E-state index in [0.29, 0.717) is 31.9 Å². The molecule has 1 aromatic rings. The van der Waals surface area contributed by atoms with Crippen LogP contribution in [0.3, 0.4) is 0 Å². The van der Waals surface area contributed by atoms with Crippen molar-refractivity contribution in [2.75, 3.05) is 58.2 Å². The average Bonchev–Trinajstić information content (AvgIpc) is 2.85. The van der Waals surface area contributed by atoms with Crippen LogP contribution in [0.5, 0.6) is 5.75 Å².